The molecule has 0 spiro atoms. The molecule has 1 N–H and O–H groups in total. The van der Waals surface area contributed by atoms with Crippen molar-refractivity contribution in [2.45, 2.75) is 52.9 Å². The molecule has 1 unspecified atom stereocenters. The van der Waals surface area contributed by atoms with Crippen LogP contribution in [0.25, 0.3) is 0 Å². The largest absolute Gasteiger partial charge is 0.465 e. The zero-order valence-corrected chi connectivity index (χ0v) is 11.6. The van der Waals surface area contributed by atoms with E-state index in [4.69, 9.17) is 4.74 Å². The normalized spacial score (nSPS) is 24.9. The van der Waals surface area contributed by atoms with E-state index in [0.717, 1.165) is 45.2 Å². The lowest BCUT2D eigenvalue weighted by molar-refractivity contribution is -0.157. The highest BCUT2D eigenvalue weighted by Gasteiger charge is 2.39. The molecule has 0 aliphatic carbocycles. The minimum Gasteiger partial charge on any atom is -0.465 e. The van der Waals surface area contributed by atoms with Crippen molar-refractivity contribution in [3.8, 4) is 0 Å². The van der Waals surface area contributed by atoms with Crippen molar-refractivity contribution in [1.29, 1.82) is 0 Å². The van der Waals surface area contributed by atoms with Gasteiger partial charge in [-0.15, -0.1) is 0 Å². The highest BCUT2D eigenvalue weighted by Crippen LogP contribution is 2.31. The van der Waals surface area contributed by atoms with Crippen molar-refractivity contribution >= 4 is 5.97 Å². The lowest BCUT2D eigenvalue weighted by Crippen LogP contribution is -2.46. The summed E-state index contributed by atoms with van der Waals surface area (Å²) in [6, 6.07) is 0. The van der Waals surface area contributed by atoms with Crippen molar-refractivity contribution < 1.29 is 9.53 Å². The molecule has 1 heterocycles. The van der Waals surface area contributed by atoms with E-state index in [1.807, 2.05) is 0 Å². The SMILES string of the molecule is CCC1(C(=O)OCCCC(C)C)CCCNC1. The van der Waals surface area contributed by atoms with Crippen LogP contribution in [-0.4, -0.2) is 25.7 Å². The second kappa shape index (κ2) is 7.00. The molecule has 0 aromatic heterocycles. The van der Waals surface area contributed by atoms with Gasteiger partial charge in [-0.2, -0.15) is 0 Å². The van der Waals surface area contributed by atoms with Gasteiger partial charge < -0.3 is 10.1 Å². The van der Waals surface area contributed by atoms with Crippen molar-refractivity contribution in [3.05, 3.63) is 0 Å². The summed E-state index contributed by atoms with van der Waals surface area (Å²) in [5.74, 6) is 0.696. The Morgan fingerprint density at radius 1 is 1.47 bits per heavy atom. The van der Waals surface area contributed by atoms with Crippen molar-refractivity contribution in [2.24, 2.45) is 11.3 Å². The van der Waals surface area contributed by atoms with Crippen LogP contribution in [0, 0.1) is 11.3 Å². The molecule has 0 radical (unpaired) electrons. The van der Waals surface area contributed by atoms with Crippen LogP contribution in [0.4, 0.5) is 0 Å². The predicted octanol–water partition coefficient (Wildman–Crippen LogP) is 2.75. The molecular formula is C14H27NO2. The minimum absolute atomic E-state index is 0.0101. The molecule has 100 valence electrons. The van der Waals surface area contributed by atoms with Crippen molar-refractivity contribution in [1.82, 2.24) is 5.32 Å². The van der Waals surface area contributed by atoms with E-state index in [0.29, 0.717) is 12.5 Å². The second-order valence-electron chi connectivity index (χ2n) is 5.59. The standard InChI is InChI=1S/C14H27NO2/c1-4-14(8-6-9-15-11-14)13(16)17-10-5-7-12(2)3/h12,15H,4-11H2,1-3H3. The van der Waals surface area contributed by atoms with Gasteiger partial charge in [-0.25, -0.2) is 0 Å². The summed E-state index contributed by atoms with van der Waals surface area (Å²) in [6.45, 7) is 8.87. The van der Waals surface area contributed by atoms with Gasteiger partial charge in [0, 0.05) is 6.54 Å². The van der Waals surface area contributed by atoms with Gasteiger partial charge >= 0.3 is 5.97 Å². The first-order valence-corrected chi connectivity index (χ1v) is 6.98. The highest BCUT2D eigenvalue weighted by molar-refractivity contribution is 5.77. The first-order valence-electron chi connectivity index (χ1n) is 6.98. The number of rotatable bonds is 6. The van der Waals surface area contributed by atoms with E-state index >= 15 is 0 Å². The molecule has 1 saturated heterocycles. The Labute approximate surface area is 105 Å². The van der Waals surface area contributed by atoms with Gasteiger partial charge in [-0.05, 0) is 44.6 Å². The van der Waals surface area contributed by atoms with Gasteiger partial charge in [0.05, 0.1) is 12.0 Å². The summed E-state index contributed by atoms with van der Waals surface area (Å²) in [4.78, 5) is 12.1. The number of nitrogens with one attached hydrogen (secondary N) is 1. The summed E-state index contributed by atoms with van der Waals surface area (Å²) >= 11 is 0. The second-order valence-corrected chi connectivity index (χ2v) is 5.59. The Morgan fingerprint density at radius 3 is 2.76 bits per heavy atom. The third-order valence-corrected chi connectivity index (χ3v) is 3.74. The van der Waals surface area contributed by atoms with Crippen molar-refractivity contribution in [2.75, 3.05) is 19.7 Å². The Hall–Kier alpha value is -0.570. The molecule has 1 atom stereocenters. The van der Waals surface area contributed by atoms with Crippen LogP contribution < -0.4 is 5.32 Å². The van der Waals surface area contributed by atoms with Gasteiger partial charge in [-0.1, -0.05) is 20.8 Å². The van der Waals surface area contributed by atoms with E-state index in [1.165, 1.54) is 0 Å². The number of hydrogen-bond donors (Lipinski definition) is 1. The maximum absolute atomic E-state index is 12.1. The number of carbonyl (C=O) groups is 1. The fourth-order valence-electron chi connectivity index (χ4n) is 2.40. The molecule has 3 heteroatoms. The Morgan fingerprint density at radius 2 is 2.24 bits per heavy atom. The van der Waals surface area contributed by atoms with Gasteiger partial charge in [0.1, 0.15) is 0 Å². The van der Waals surface area contributed by atoms with E-state index in [9.17, 15) is 4.79 Å². The summed E-state index contributed by atoms with van der Waals surface area (Å²) in [5, 5.41) is 3.32. The van der Waals surface area contributed by atoms with Crippen LogP contribution in [0.2, 0.25) is 0 Å². The van der Waals surface area contributed by atoms with Crippen LogP contribution in [0.1, 0.15) is 52.9 Å². The molecule has 1 rings (SSSR count). The first-order chi connectivity index (χ1) is 8.10. The Bertz CT molecular complexity index is 232. The zero-order chi connectivity index (χ0) is 12.7. The summed E-state index contributed by atoms with van der Waals surface area (Å²) < 4.78 is 5.45. The molecule has 0 aromatic carbocycles. The van der Waals surface area contributed by atoms with Gasteiger partial charge in [0.25, 0.3) is 0 Å². The average molecular weight is 241 g/mol. The maximum atomic E-state index is 12.1. The number of hydrogen-bond acceptors (Lipinski definition) is 3. The summed E-state index contributed by atoms with van der Waals surface area (Å²) in [5.41, 5.74) is -0.254. The van der Waals surface area contributed by atoms with E-state index in [2.05, 4.69) is 26.1 Å². The van der Waals surface area contributed by atoms with Crippen LogP contribution in [0.5, 0.6) is 0 Å². The molecule has 0 aromatic rings. The molecular weight excluding hydrogens is 214 g/mol. The average Bonchev–Trinajstić information content (AvgIpc) is 2.35. The van der Waals surface area contributed by atoms with Crippen LogP contribution in [-0.2, 0) is 9.53 Å². The third kappa shape index (κ3) is 4.30. The molecule has 3 nitrogen and oxygen atoms in total. The monoisotopic (exact) mass is 241 g/mol. The summed E-state index contributed by atoms with van der Waals surface area (Å²) in [6.07, 6.45) is 5.04. The molecule has 0 bridgehead atoms. The Balaban J connectivity index is 2.33. The molecule has 1 fully saturated rings. The lowest BCUT2D eigenvalue weighted by Gasteiger charge is -2.34. The number of piperidine rings is 1. The van der Waals surface area contributed by atoms with E-state index in [-0.39, 0.29) is 11.4 Å². The van der Waals surface area contributed by atoms with Crippen LogP contribution >= 0.6 is 0 Å². The summed E-state index contributed by atoms with van der Waals surface area (Å²) in [7, 11) is 0. The third-order valence-electron chi connectivity index (χ3n) is 3.74. The minimum atomic E-state index is -0.254. The first kappa shape index (κ1) is 14.5. The van der Waals surface area contributed by atoms with Crippen molar-refractivity contribution in [3.63, 3.8) is 0 Å². The smallest absolute Gasteiger partial charge is 0.313 e. The number of esters is 1. The quantitative estimate of drug-likeness (QED) is 0.574. The van der Waals surface area contributed by atoms with E-state index < -0.39 is 0 Å². The predicted molar refractivity (Wildman–Crippen MR) is 69.9 cm³/mol. The molecule has 1 aliphatic rings. The van der Waals surface area contributed by atoms with Crippen LogP contribution in [0.15, 0.2) is 0 Å². The van der Waals surface area contributed by atoms with E-state index in [1.54, 1.807) is 0 Å². The van der Waals surface area contributed by atoms with Gasteiger partial charge in [-0.3, -0.25) is 4.79 Å². The van der Waals surface area contributed by atoms with Gasteiger partial charge in [0.2, 0.25) is 0 Å². The zero-order valence-electron chi connectivity index (χ0n) is 11.6. The molecule has 0 amide bonds. The lowest BCUT2D eigenvalue weighted by atomic mass is 9.78. The Kier molecular flexibility index (Phi) is 5.96. The van der Waals surface area contributed by atoms with Gasteiger partial charge in [0.15, 0.2) is 0 Å². The number of ether oxygens (including phenoxy) is 1. The molecule has 0 saturated carbocycles. The fraction of sp³-hybridized carbons (Fsp3) is 0.929. The number of carbonyl (C=O) groups excluding carboxylic acids is 1. The highest BCUT2D eigenvalue weighted by atomic mass is 16.5. The molecule has 17 heavy (non-hydrogen) atoms. The van der Waals surface area contributed by atoms with Crippen LogP contribution in [0.3, 0.4) is 0 Å². The molecule has 1 aliphatic heterocycles. The maximum Gasteiger partial charge on any atom is 0.313 e. The fourth-order valence-corrected chi connectivity index (χ4v) is 2.40. The topological polar surface area (TPSA) is 38.3 Å².